The monoisotopic (exact) mass is 271 g/mol. The highest BCUT2D eigenvalue weighted by molar-refractivity contribution is 5.37. The number of alkyl halides is 3. The smallest absolute Gasteiger partial charge is 0.271 e. The second-order valence-corrected chi connectivity index (χ2v) is 4.06. The zero-order chi connectivity index (χ0) is 14.0. The van der Waals surface area contributed by atoms with E-state index in [-0.39, 0.29) is 0 Å². The number of aromatic amines is 1. The molecule has 0 aliphatic rings. The lowest BCUT2D eigenvalue weighted by atomic mass is 9.97. The maximum atomic E-state index is 12.6. The number of H-pyrrole nitrogens is 1. The van der Waals surface area contributed by atoms with E-state index in [1.54, 1.807) is 6.92 Å². The first-order chi connectivity index (χ1) is 8.93. The summed E-state index contributed by atoms with van der Waals surface area (Å²) in [6.07, 6.45) is -2.90. The van der Waals surface area contributed by atoms with Gasteiger partial charge in [-0.05, 0) is 30.2 Å². The molecular formula is C11H12F3N5. The van der Waals surface area contributed by atoms with E-state index >= 15 is 0 Å². The zero-order valence-corrected chi connectivity index (χ0v) is 9.99. The summed E-state index contributed by atoms with van der Waals surface area (Å²) < 4.78 is 37.8. The normalized spacial score (nSPS) is 13.5. The van der Waals surface area contributed by atoms with Gasteiger partial charge in [-0.25, -0.2) is 5.43 Å². The highest BCUT2D eigenvalue weighted by Crippen LogP contribution is 2.32. The van der Waals surface area contributed by atoms with E-state index < -0.39 is 17.8 Å². The minimum Gasteiger partial charge on any atom is -0.271 e. The second kappa shape index (κ2) is 4.98. The Bertz CT molecular complexity index is 550. The van der Waals surface area contributed by atoms with Gasteiger partial charge in [0.25, 0.3) is 0 Å². The number of hydrogen-bond acceptors (Lipinski definition) is 4. The van der Waals surface area contributed by atoms with Gasteiger partial charge in [0.1, 0.15) is 5.69 Å². The van der Waals surface area contributed by atoms with E-state index in [1.807, 2.05) is 0 Å². The van der Waals surface area contributed by atoms with Crippen molar-refractivity contribution in [3.8, 4) is 0 Å². The Labute approximate surface area is 107 Å². The first-order valence-electron chi connectivity index (χ1n) is 5.43. The van der Waals surface area contributed by atoms with Crippen LogP contribution in [0.5, 0.6) is 0 Å². The first-order valence-corrected chi connectivity index (χ1v) is 5.43. The van der Waals surface area contributed by atoms with E-state index in [0.717, 1.165) is 12.1 Å². The number of aryl methyl sites for hydroxylation is 1. The Kier molecular flexibility index (Phi) is 3.54. The van der Waals surface area contributed by atoms with Crippen LogP contribution in [0.15, 0.2) is 24.4 Å². The average molecular weight is 271 g/mol. The summed E-state index contributed by atoms with van der Waals surface area (Å²) in [5, 5.41) is 9.96. The number of aromatic nitrogens is 3. The van der Waals surface area contributed by atoms with Gasteiger partial charge in [0, 0.05) is 0 Å². The van der Waals surface area contributed by atoms with Crippen molar-refractivity contribution >= 4 is 0 Å². The Hall–Kier alpha value is -1.93. The summed E-state index contributed by atoms with van der Waals surface area (Å²) in [6.45, 7) is 1.59. The Morgan fingerprint density at radius 2 is 2.11 bits per heavy atom. The summed E-state index contributed by atoms with van der Waals surface area (Å²) in [6, 6.07) is 2.98. The number of hydrazine groups is 1. The van der Waals surface area contributed by atoms with Crippen molar-refractivity contribution in [2.24, 2.45) is 5.84 Å². The largest absolute Gasteiger partial charge is 0.416 e. The predicted molar refractivity (Wildman–Crippen MR) is 61.7 cm³/mol. The molecule has 8 heteroatoms. The van der Waals surface area contributed by atoms with Gasteiger partial charge in [0.15, 0.2) is 0 Å². The topological polar surface area (TPSA) is 79.6 Å². The molecule has 19 heavy (non-hydrogen) atoms. The van der Waals surface area contributed by atoms with Gasteiger partial charge >= 0.3 is 6.18 Å². The second-order valence-electron chi connectivity index (χ2n) is 4.06. The quantitative estimate of drug-likeness (QED) is 0.586. The molecule has 1 aromatic heterocycles. The summed E-state index contributed by atoms with van der Waals surface area (Å²) in [5.41, 5.74) is 3.42. The van der Waals surface area contributed by atoms with E-state index in [9.17, 15) is 13.2 Å². The molecular weight excluding hydrogens is 259 g/mol. The molecule has 0 aliphatic heterocycles. The van der Waals surface area contributed by atoms with Gasteiger partial charge in [0.05, 0.1) is 17.8 Å². The van der Waals surface area contributed by atoms with Gasteiger partial charge in [-0.15, -0.1) is 0 Å². The Morgan fingerprint density at radius 1 is 1.37 bits per heavy atom. The van der Waals surface area contributed by atoms with E-state index in [0.29, 0.717) is 16.8 Å². The van der Waals surface area contributed by atoms with Crippen LogP contribution in [0.3, 0.4) is 0 Å². The predicted octanol–water partition coefficient (Wildman–Crippen LogP) is 1.68. The highest BCUT2D eigenvalue weighted by atomic mass is 19.4. The highest BCUT2D eigenvalue weighted by Gasteiger charge is 2.31. The van der Waals surface area contributed by atoms with Crippen LogP contribution in [0.4, 0.5) is 13.2 Å². The maximum Gasteiger partial charge on any atom is 0.416 e. The van der Waals surface area contributed by atoms with Crippen LogP contribution >= 0.6 is 0 Å². The van der Waals surface area contributed by atoms with Crippen LogP contribution in [-0.2, 0) is 6.18 Å². The molecule has 1 aromatic carbocycles. The number of nitrogens with two attached hydrogens (primary N) is 1. The number of nitrogens with one attached hydrogen (secondary N) is 2. The number of benzene rings is 1. The molecule has 1 atom stereocenters. The third kappa shape index (κ3) is 2.74. The molecule has 102 valence electrons. The van der Waals surface area contributed by atoms with Crippen LogP contribution in [-0.4, -0.2) is 15.4 Å². The van der Waals surface area contributed by atoms with Crippen LogP contribution < -0.4 is 11.3 Å². The molecule has 0 saturated heterocycles. The zero-order valence-electron chi connectivity index (χ0n) is 9.99. The van der Waals surface area contributed by atoms with Gasteiger partial charge in [-0.3, -0.25) is 5.84 Å². The molecule has 1 heterocycles. The van der Waals surface area contributed by atoms with Gasteiger partial charge < -0.3 is 0 Å². The Balaban J connectivity index is 2.40. The number of rotatable bonds is 3. The SMILES string of the molecule is Cc1cc(C(F)(F)F)ccc1C(NN)c1cn[nH]n1. The third-order valence-electron chi connectivity index (χ3n) is 2.80. The molecule has 0 radical (unpaired) electrons. The van der Waals surface area contributed by atoms with E-state index in [2.05, 4.69) is 20.8 Å². The van der Waals surface area contributed by atoms with Crippen LogP contribution in [0, 0.1) is 6.92 Å². The summed E-state index contributed by atoms with van der Waals surface area (Å²) >= 11 is 0. The van der Waals surface area contributed by atoms with Crippen molar-refractivity contribution in [2.45, 2.75) is 19.1 Å². The van der Waals surface area contributed by atoms with Crippen LogP contribution in [0.25, 0.3) is 0 Å². The molecule has 0 saturated carbocycles. The van der Waals surface area contributed by atoms with Crippen molar-refractivity contribution in [3.05, 3.63) is 46.8 Å². The number of hydrogen-bond donors (Lipinski definition) is 3. The number of nitrogens with zero attached hydrogens (tertiary/aromatic N) is 2. The maximum absolute atomic E-state index is 12.6. The standard InChI is InChI=1S/C11H12F3N5/c1-6-4-7(11(12,13)14)2-3-8(6)10(17-15)9-5-16-19-18-9/h2-5,10,17H,15H2,1H3,(H,16,18,19). The molecule has 0 spiro atoms. The minimum absolute atomic E-state index is 0.473. The van der Waals surface area contributed by atoms with Crippen LogP contribution in [0.2, 0.25) is 0 Å². The lowest BCUT2D eigenvalue weighted by Crippen LogP contribution is -2.29. The van der Waals surface area contributed by atoms with Gasteiger partial charge in [-0.2, -0.15) is 28.6 Å². The molecule has 2 rings (SSSR count). The molecule has 0 amide bonds. The van der Waals surface area contributed by atoms with Crippen molar-refractivity contribution in [2.75, 3.05) is 0 Å². The lowest BCUT2D eigenvalue weighted by Gasteiger charge is -2.17. The van der Waals surface area contributed by atoms with Crippen molar-refractivity contribution < 1.29 is 13.2 Å². The van der Waals surface area contributed by atoms with E-state index in [4.69, 9.17) is 5.84 Å². The van der Waals surface area contributed by atoms with Gasteiger partial charge in [0.2, 0.25) is 0 Å². The molecule has 0 aliphatic carbocycles. The summed E-state index contributed by atoms with van der Waals surface area (Å²) in [7, 11) is 0. The fourth-order valence-corrected chi connectivity index (χ4v) is 1.86. The fourth-order valence-electron chi connectivity index (χ4n) is 1.86. The van der Waals surface area contributed by atoms with E-state index in [1.165, 1.54) is 12.3 Å². The van der Waals surface area contributed by atoms with Crippen molar-refractivity contribution in [3.63, 3.8) is 0 Å². The first kappa shape index (κ1) is 13.5. The molecule has 4 N–H and O–H groups in total. The molecule has 1 unspecified atom stereocenters. The molecule has 5 nitrogen and oxygen atoms in total. The molecule has 0 fully saturated rings. The molecule has 2 aromatic rings. The lowest BCUT2D eigenvalue weighted by molar-refractivity contribution is -0.137. The van der Waals surface area contributed by atoms with Crippen molar-refractivity contribution in [1.29, 1.82) is 0 Å². The number of halogens is 3. The molecule has 0 bridgehead atoms. The summed E-state index contributed by atoms with van der Waals surface area (Å²) in [4.78, 5) is 0. The van der Waals surface area contributed by atoms with Crippen molar-refractivity contribution in [1.82, 2.24) is 20.8 Å². The summed E-state index contributed by atoms with van der Waals surface area (Å²) in [5.74, 6) is 5.43. The Morgan fingerprint density at radius 3 is 2.58 bits per heavy atom. The average Bonchev–Trinajstić information content (AvgIpc) is 2.84. The third-order valence-corrected chi connectivity index (χ3v) is 2.80. The van der Waals surface area contributed by atoms with Crippen LogP contribution in [0.1, 0.15) is 28.4 Å². The minimum atomic E-state index is -4.36. The fraction of sp³-hybridized carbons (Fsp3) is 0.273. The van der Waals surface area contributed by atoms with Gasteiger partial charge in [-0.1, -0.05) is 6.07 Å².